The fraction of sp³-hybridized carbons (Fsp3) is 0.750. The highest BCUT2D eigenvalue weighted by Gasteiger charge is 1.98. The first-order chi connectivity index (χ1) is 10.6. The summed E-state index contributed by atoms with van der Waals surface area (Å²) >= 11 is 0. The minimum atomic E-state index is 0.778. The minimum absolute atomic E-state index is 0.778. The van der Waals surface area contributed by atoms with E-state index in [0.29, 0.717) is 0 Å². The number of aliphatic imine (C=N–C) groups is 4. The summed E-state index contributed by atoms with van der Waals surface area (Å²) in [5.41, 5.74) is 4.10. The molecule has 0 amide bonds. The molecule has 2 N–H and O–H groups in total. The van der Waals surface area contributed by atoms with E-state index in [-0.39, 0.29) is 0 Å². The molecule has 6 heteroatoms. The molecule has 0 aromatic heterocycles. The van der Waals surface area contributed by atoms with Gasteiger partial charge in [-0.05, 0) is 27.7 Å². The van der Waals surface area contributed by atoms with E-state index in [1.165, 1.54) is 0 Å². The van der Waals surface area contributed by atoms with E-state index in [9.17, 15) is 0 Å². The lowest BCUT2D eigenvalue weighted by molar-refractivity contribution is 0.695. The quantitative estimate of drug-likeness (QED) is 0.701. The van der Waals surface area contributed by atoms with Crippen molar-refractivity contribution in [2.45, 2.75) is 27.7 Å². The molecule has 0 radical (unpaired) electrons. The molecule has 1 aliphatic rings. The summed E-state index contributed by atoms with van der Waals surface area (Å²) in [7, 11) is 0. The van der Waals surface area contributed by atoms with Crippen LogP contribution >= 0.6 is 0 Å². The van der Waals surface area contributed by atoms with E-state index >= 15 is 0 Å². The van der Waals surface area contributed by atoms with Crippen LogP contribution in [0.15, 0.2) is 20.0 Å². The number of nitrogens with one attached hydrogen (secondary N) is 2. The van der Waals surface area contributed by atoms with Crippen molar-refractivity contribution in [3.63, 3.8) is 0 Å². The van der Waals surface area contributed by atoms with Crippen molar-refractivity contribution in [2.75, 3.05) is 52.4 Å². The van der Waals surface area contributed by atoms with Crippen LogP contribution in [-0.2, 0) is 0 Å². The van der Waals surface area contributed by atoms with Crippen molar-refractivity contribution in [2.24, 2.45) is 20.0 Å². The smallest absolute Gasteiger partial charge is 0.0525 e. The van der Waals surface area contributed by atoms with Crippen molar-refractivity contribution in [3.05, 3.63) is 0 Å². The fourth-order valence-corrected chi connectivity index (χ4v) is 1.92. The van der Waals surface area contributed by atoms with Crippen LogP contribution in [0.1, 0.15) is 27.7 Å². The molecule has 0 unspecified atom stereocenters. The molecule has 0 aromatic rings. The number of rotatable bonds is 0. The van der Waals surface area contributed by atoms with Crippen molar-refractivity contribution in [1.29, 1.82) is 0 Å². The standard InChI is InChI=1S/C16H30N6/c1-13-14(2)20-10-6-18-8-12-22-16(4)15(3)21-11-7-17-5-9-19-13/h17-18H,5-12H2,1-4H3. The van der Waals surface area contributed by atoms with Gasteiger partial charge < -0.3 is 10.6 Å². The topological polar surface area (TPSA) is 73.5 Å². The maximum Gasteiger partial charge on any atom is 0.0525 e. The van der Waals surface area contributed by atoms with Crippen LogP contribution in [0.25, 0.3) is 0 Å². The van der Waals surface area contributed by atoms with E-state index in [0.717, 1.165) is 75.2 Å². The molecule has 0 aliphatic carbocycles. The largest absolute Gasteiger partial charge is 0.313 e. The molecule has 1 heterocycles. The van der Waals surface area contributed by atoms with Crippen LogP contribution in [0.4, 0.5) is 0 Å². The van der Waals surface area contributed by atoms with Gasteiger partial charge in [0.1, 0.15) is 0 Å². The molecule has 0 fully saturated rings. The Balaban J connectivity index is 2.59. The highest BCUT2D eigenvalue weighted by molar-refractivity contribution is 6.41. The lowest BCUT2D eigenvalue weighted by atomic mass is 10.3. The van der Waals surface area contributed by atoms with Gasteiger partial charge in [0.05, 0.1) is 49.0 Å². The lowest BCUT2D eigenvalue weighted by Gasteiger charge is -2.06. The summed E-state index contributed by atoms with van der Waals surface area (Å²) < 4.78 is 0. The molecule has 0 bridgehead atoms. The van der Waals surface area contributed by atoms with Gasteiger partial charge in [0, 0.05) is 26.2 Å². The summed E-state index contributed by atoms with van der Waals surface area (Å²) in [5.74, 6) is 0. The third kappa shape index (κ3) is 8.14. The molecule has 1 rings (SSSR count). The van der Waals surface area contributed by atoms with Crippen molar-refractivity contribution < 1.29 is 0 Å². The summed E-state index contributed by atoms with van der Waals surface area (Å²) in [6.45, 7) is 14.7. The summed E-state index contributed by atoms with van der Waals surface area (Å²) in [6, 6.07) is 0. The molecular formula is C16H30N6. The highest BCUT2D eigenvalue weighted by atomic mass is 14.9. The molecular weight excluding hydrogens is 276 g/mol. The van der Waals surface area contributed by atoms with Crippen LogP contribution in [-0.4, -0.2) is 75.2 Å². The highest BCUT2D eigenvalue weighted by Crippen LogP contribution is 1.88. The Hall–Kier alpha value is -1.40. The summed E-state index contributed by atoms with van der Waals surface area (Å²) in [5, 5.41) is 6.71. The van der Waals surface area contributed by atoms with Crippen molar-refractivity contribution in [1.82, 2.24) is 10.6 Å². The zero-order chi connectivity index (χ0) is 16.2. The Kier molecular flexibility index (Phi) is 9.50. The Morgan fingerprint density at radius 1 is 0.500 bits per heavy atom. The van der Waals surface area contributed by atoms with Gasteiger partial charge in [-0.3, -0.25) is 20.0 Å². The SMILES string of the molecule is CC1=NCCNCCN=C(C)C(C)=NCCNCCN=C1C. The van der Waals surface area contributed by atoms with Gasteiger partial charge in [-0.15, -0.1) is 0 Å². The van der Waals surface area contributed by atoms with Gasteiger partial charge in [0.15, 0.2) is 0 Å². The van der Waals surface area contributed by atoms with Crippen LogP contribution in [0.3, 0.4) is 0 Å². The molecule has 0 saturated carbocycles. The molecule has 124 valence electrons. The number of hydrogen-bond donors (Lipinski definition) is 2. The maximum absolute atomic E-state index is 4.54. The monoisotopic (exact) mass is 306 g/mol. The fourth-order valence-electron chi connectivity index (χ4n) is 1.92. The predicted molar refractivity (Wildman–Crippen MR) is 97.6 cm³/mol. The van der Waals surface area contributed by atoms with E-state index in [4.69, 9.17) is 0 Å². The average molecular weight is 306 g/mol. The lowest BCUT2D eigenvalue weighted by Crippen LogP contribution is -2.24. The second-order valence-corrected chi connectivity index (χ2v) is 5.37. The Bertz CT molecular complexity index is 366. The van der Waals surface area contributed by atoms with E-state index in [1.54, 1.807) is 0 Å². The molecule has 0 spiro atoms. The van der Waals surface area contributed by atoms with Crippen molar-refractivity contribution in [3.8, 4) is 0 Å². The Morgan fingerprint density at radius 3 is 0.955 bits per heavy atom. The molecule has 6 nitrogen and oxygen atoms in total. The Labute approximate surface area is 134 Å². The first kappa shape index (κ1) is 18.6. The van der Waals surface area contributed by atoms with E-state index < -0.39 is 0 Å². The number of nitrogens with zero attached hydrogens (tertiary/aromatic N) is 4. The molecule has 0 saturated heterocycles. The first-order valence-corrected chi connectivity index (χ1v) is 8.07. The van der Waals surface area contributed by atoms with Gasteiger partial charge in [-0.25, -0.2) is 0 Å². The minimum Gasteiger partial charge on any atom is -0.313 e. The van der Waals surface area contributed by atoms with Crippen LogP contribution in [0, 0.1) is 0 Å². The summed E-state index contributed by atoms with van der Waals surface area (Å²) in [6.07, 6.45) is 0. The van der Waals surface area contributed by atoms with Gasteiger partial charge >= 0.3 is 0 Å². The van der Waals surface area contributed by atoms with Crippen molar-refractivity contribution >= 4 is 22.8 Å². The van der Waals surface area contributed by atoms with E-state index in [1.807, 2.05) is 27.7 Å². The third-order valence-electron chi connectivity index (χ3n) is 3.60. The Morgan fingerprint density at radius 2 is 0.727 bits per heavy atom. The molecule has 0 atom stereocenters. The van der Waals surface area contributed by atoms with Gasteiger partial charge in [-0.1, -0.05) is 0 Å². The van der Waals surface area contributed by atoms with Crippen LogP contribution in [0.5, 0.6) is 0 Å². The van der Waals surface area contributed by atoms with Crippen LogP contribution in [0.2, 0.25) is 0 Å². The number of hydrogen-bond acceptors (Lipinski definition) is 6. The molecule has 1 aliphatic heterocycles. The molecule has 22 heavy (non-hydrogen) atoms. The molecule has 0 aromatic carbocycles. The van der Waals surface area contributed by atoms with Crippen LogP contribution < -0.4 is 10.6 Å². The second-order valence-electron chi connectivity index (χ2n) is 5.37. The third-order valence-corrected chi connectivity index (χ3v) is 3.60. The first-order valence-electron chi connectivity index (χ1n) is 8.07. The van der Waals surface area contributed by atoms with Gasteiger partial charge in [0.25, 0.3) is 0 Å². The second kappa shape index (κ2) is 11.2. The zero-order valence-corrected chi connectivity index (χ0v) is 14.4. The predicted octanol–water partition coefficient (Wildman–Crippen LogP) is 1.02. The zero-order valence-electron chi connectivity index (χ0n) is 14.4. The summed E-state index contributed by atoms with van der Waals surface area (Å²) in [4.78, 5) is 18.2. The van der Waals surface area contributed by atoms with E-state index in [2.05, 4.69) is 30.6 Å². The average Bonchev–Trinajstić information content (AvgIpc) is 2.51. The maximum atomic E-state index is 4.54. The van der Waals surface area contributed by atoms with Gasteiger partial charge in [0.2, 0.25) is 0 Å². The normalized spacial score (nSPS) is 20.9. The van der Waals surface area contributed by atoms with Gasteiger partial charge in [-0.2, -0.15) is 0 Å².